The molecule has 0 aromatic heterocycles. The first-order valence-electron chi connectivity index (χ1n) is 8.79. The first-order valence-corrected chi connectivity index (χ1v) is 8.79. The molecule has 1 rings (SSSR count). The molecule has 1 aromatic rings. The monoisotopic (exact) mass is 335 g/mol. The van der Waals surface area contributed by atoms with Crippen LogP contribution in [0.25, 0.3) is 0 Å². The Balaban J connectivity index is 2.06. The maximum atomic E-state index is 11.6. The van der Waals surface area contributed by atoms with Gasteiger partial charge in [-0.15, -0.1) is 0 Å². The van der Waals surface area contributed by atoms with Crippen LogP contribution in [0.4, 0.5) is 0 Å². The summed E-state index contributed by atoms with van der Waals surface area (Å²) in [5, 5.41) is 2.74. The van der Waals surface area contributed by atoms with Crippen molar-refractivity contribution in [1.82, 2.24) is 5.32 Å². The minimum atomic E-state index is -0.438. The number of carbonyl (C=O) groups is 2. The zero-order valence-corrected chi connectivity index (χ0v) is 14.8. The van der Waals surface area contributed by atoms with Gasteiger partial charge in [-0.2, -0.15) is 0 Å². The molecule has 1 N–H and O–H groups in total. The van der Waals surface area contributed by atoms with Crippen molar-refractivity contribution in [3.05, 3.63) is 29.8 Å². The second kappa shape index (κ2) is 12.4. The van der Waals surface area contributed by atoms with Gasteiger partial charge >= 0.3 is 5.97 Å². The fourth-order valence-electron chi connectivity index (χ4n) is 2.16. The Morgan fingerprint density at radius 3 is 2.46 bits per heavy atom. The lowest BCUT2D eigenvalue weighted by molar-refractivity contribution is -0.146. The summed E-state index contributed by atoms with van der Waals surface area (Å²) in [5.74, 6) is 0.214. The predicted octanol–water partition coefficient (Wildman–Crippen LogP) is 3.26. The number of unbranched alkanes of at least 4 members (excludes halogenated alkanes) is 3. The van der Waals surface area contributed by atoms with E-state index in [4.69, 9.17) is 9.47 Å². The van der Waals surface area contributed by atoms with Crippen molar-refractivity contribution >= 4 is 11.9 Å². The molecule has 0 saturated carbocycles. The van der Waals surface area contributed by atoms with E-state index in [1.165, 1.54) is 5.56 Å². The molecule has 0 bridgehead atoms. The third-order valence-corrected chi connectivity index (χ3v) is 3.63. The lowest BCUT2D eigenvalue weighted by Crippen LogP contribution is -2.28. The normalized spacial score (nSPS) is 10.2. The molecule has 134 valence electrons. The number of ether oxygens (including phenoxy) is 2. The summed E-state index contributed by atoms with van der Waals surface area (Å²) in [5.41, 5.74) is 1.22. The Kier molecular flexibility index (Phi) is 10.3. The Labute approximate surface area is 144 Å². The standard InChI is InChI=1S/C19H29NO4/c1-3-5-6-7-8-18(21)20-13-14-23-19(22)15-24-17-11-9-16(4-2)10-12-17/h9-12H,3-8,13-15H2,1-2H3,(H,20,21). The van der Waals surface area contributed by atoms with E-state index in [0.717, 1.165) is 32.1 Å². The van der Waals surface area contributed by atoms with Crippen molar-refractivity contribution in [1.29, 1.82) is 0 Å². The summed E-state index contributed by atoms with van der Waals surface area (Å²) >= 11 is 0. The van der Waals surface area contributed by atoms with Gasteiger partial charge in [-0.3, -0.25) is 4.79 Å². The van der Waals surface area contributed by atoms with Gasteiger partial charge in [-0.1, -0.05) is 45.2 Å². The molecule has 5 nitrogen and oxygen atoms in total. The molecular formula is C19H29NO4. The minimum absolute atomic E-state index is 0.00872. The number of hydrogen-bond acceptors (Lipinski definition) is 4. The third-order valence-electron chi connectivity index (χ3n) is 3.63. The summed E-state index contributed by atoms with van der Waals surface area (Å²) in [6, 6.07) is 7.61. The number of carbonyl (C=O) groups excluding carboxylic acids is 2. The van der Waals surface area contributed by atoms with Gasteiger partial charge in [0.1, 0.15) is 12.4 Å². The minimum Gasteiger partial charge on any atom is -0.482 e. The SMILES string of the molecule is CCCCCCC(=O)NCCOC(=O)COc1ccc(CC)cc1. The Hall–Kier alpha value is -2.04. The zero-order chi connectivity index (χ0) is 17.6. The van der Waals surface area contributed by atoms with Crippen LogP contribution in [-0.2, 0) is 20.7 Å². The molecule has 0 aliphatic carbocycles. The van der Waals surface area contributed by atoms with Crippen LogP contribution in [0.15, 0.2) is 24.3 Å². The quantitative estimate of drug-likeness (QED) is 0.470. The Morgan fingerprint density at radius 2 is 1.79 bits per heavy atom. The topological polar surface area (TPSA) is 64.6 Å². The molecule has 0 atom stereocenters. The van der Waals surface area contributed by atoms with E-state index in [-0.39, 0.29) is 19.1 Å². The lowest BCUT2D eigenvalue weighted by atomic mass is 10.1. The number of hydrogen-bond donors (Lipinski definition) is 1. The molecular weight excluding hydrogens is 306 g/mol. The van der Waals surface area contributed by atoms with Crippen molar-refractivity contribution in [3.63, 3.8) is 0 Å². The van der Waals surface area contributed by atoms with E-state index in [1.54, 1.807) is 0 Å². The molecule has 0 saturated heterocycles. The Bertz CT molecular complexity index is 485. The van der Waals surface area contributed by atoms with Gasteiger partial charge in [0.25, 0.3) is 0 Å². The maximum absolute atomic E-state index is 11.6. The molecule has 1 aromatic carbocycles. The fourth-order valence-corrected chi connectivity index (χ4v) is 2.16. The zero-order valence-electron chi connectivity index (χ0n) is 14.8. The highest BCUT2D eigenvalue weighted by Gasteiger charge is 2.05. The van der Waals surface area contributed by atoms with Crippen LogP contribution < -0.4 is 10.1 Å². The van der Waals surface area contributed by atoms with Gasteiger partial charge in [0, 0.05) is 6.42 Å². The van der Waals surface area contributed by atoms with Crippen LogP contribution >= 0.6 is 0 Å². The van der Waals surface area contributed by atoms with Gasteiger partial charge in [-0.25, -0.2) is 4.79 Å². The summed E-state index contributed by atoms with van der Waals surface area (Å²) in [7, 11) is 0. The first kappa shape index (κ1) is 20.0. The van der Waals surface area contributed by atoms with Crippen molar-refractivity contribution in [3.8, 4) is 5.75 Å². The van der Waals surface area contributed by atoms with E-state index < -0.39 is 5.97 Å². The first-order chi connectivity index (χ1) is 11.7. The van der Waals surface area contributed by atoms with E-state index >= 15 is 0 Å². The van der Waals surface area contributed by atoms with E-state index in [0.29, 0.717) is 18.7 Å². The molecule has 0 aliphatic rings. The van der Waals surface area contributed by atoms with Crippen LogP contribution in [0.5, 0.6) is 5.75 Å². The number of nitrogens with one attached hydrogen (secondary N) is 1. The summed E-state index contributed by atoms with van der Waals surface area (Å²) in [6.45, 7) is 4.59. The largest absolute Gasteiger partial charge is 0.482 e. The van der Waals surface area contributed by atoms with Crippen molar-refractivity contribution < 1.29 is 19.1 Å². The van der Waals surface area contributed by atoms with Crippen LogP contribution in [0, 0.1) is 0 Å². The average Bonchev–Trinajstić information content (AvgIpc) is 2.61. The van der Waals surface area contributed by atoms with Crippen LogP contribution in [0.3, 0.4) is 0 Å². The van der Waals surface area contributed by atoms with Gasteiger partial charge in [0.2, 0.25) is 5.91 Å². The summed E-state index contributed by atoms with van der Waals surface area (Å²) in [4.78, 5) is 23.1. The Morgan fingerprint density at radius 1 is 1.04 bits per heavy atom. The van der Waals surface area contributed by atoms with Gasteiger partial charge in [0.15, 0.2) is 6.61 Å². The number of rotatable bonds is 12. The number of esters is 1. The summed E-state index contributed by atoms with van der Waals surface area (Å²) < 4.78 is 10.4. The van der Waals surface area contributed by atoms with Crippen LogP contribution in [0.1, 0.15) is 51.5 Å². The highest BCUT2D eigenvalue weighted by Crippen LogP contribution is 2.12. The second-order valence-electron chi connectivity index (χ2n) is 5.67. The molecule has 5 heteroatoms. The van der Waals surface area contributed by atoms with Crippen LogP contribution in [-0.4, -0.2) is 31.6 Å². The predicted molar refractivity (Wildman–Crippen MR) is 94.0 cm³/mol. The highest BCUT2D eigenvalue weighted by molar-refractivity contribution is 5.75. The van der Waals surface area contributed by atoms with Gasteiger partial charge in [0.05, 0.1) is 6.54 Å². The van der Waals surface area contributed by atoms with Crippen molar-refractivity contribution in [2.24, 2.45) is 0 Å². The fraction of sp³-hybridized carbons (Fsp3) is 0.579. The third kappa shape index (κ3) is 9.18. The molecule has 0 heterocycles. The smallest absolute Gasteiger partial charge is 0.344 e. The summed E-state index contributed by atoms with van der Waals surface area (Å²) in [6.07, 6.45) is 5.80. The highest BCUT2D eigenvalue weighted by atomic mass is 16.6. The molecule has 0 unspecified atom stereocenters. The molecule has 1 amide bonds. The molecule has 0 aliphatic heterocycles. The van der Waals surface area contributed by atoms with Crippen molar-refractivity contribution in [2.75, 3.05) is 19.8 Å². The number of benzene rings is 1. The van der Waals surface area contributed by atoms with Crippen molar-refractivity contribution in [2.45, 2.75) is 52.4 Å². The number of aryl methyl sites for hydroxylation is 1. The number of amides is 1. The molecule has 0 spiro atoms. The van der Waals surface area contributed by atoms with E-state index in [2.05, 4.69) is 19.2 Å². The van der Waals surface area contributed by atoms with E-state index in [1.807, 2.05) is 24.3 Å². The van der Waals surface area contributed by atoms with E-state index in [9.17, 15) is 9.59 Å². The molecule has 0 fully saturated rings. The van der Waals surface area contributed by atoms with Gasteiger partial charge < -0.3 is 14.8 Å². The molecule has 0 radical (unpaired) electrons. The van der Waals surface area contributed by atoms with Crippen LogP contribution in [0.2, 0.25) is 0 Å². The maximum Gasteiger partial charge on any atom is 0.344 e. The second-order valence-corrected chi connectivity index (χ2v) is 5.67. The lowest BCUT2D eigenvalue weighted by Gasteiger charge is -2.08. The average molecular weight is 335 g/mol. The molecule has 24 heavy (non-hydrogen) atoms. The van der Waals surface area contributed by atoms with Gasteiger partial charge in [-0.05, 0) is 30.5 Å².